The van der Waals surface area contributed by atoms with Crippen molar-refractivity contribution in [1.82, 2.24) is 15.1 Å². The molecule has 3 atom stereocenters. The van der Waals surface area contributed by atoms with Gasteiger partial charge in [-0.05, 0) is 49.9 Å². The Hall–Kier alpha value is -2.33. The van der Waals surface area contributed by atoms with Crippen LogP contribution >= 0.6 is 0 Å². The van der Waals surface area contributed by atoms with Gasteiger partial charge in [0, 0.05) is 35.7 Å². The molecule has 25 heavy (non-hydrogen) atoms. The van der Waals surface area contributed by atoms with Gasteiger partial charge in [-0.2, -0.15) is 5.10 Å². The molecule has 2 saturated heterocycles. The number of nitrogens with one attached hydrogen (secondary N) is 2. The molecule has 2 aliphatic heterocycles. The molecule has 3 aromatic rings. The maximum Gasteiger partial charge on any atom is 0.0651 e. The number of aromatic nitrogens is 2. The quantitative estimate of drug-likeness (QED) is 0.756. The molecule has 128 valence electrons. The lowest BCUT2D eigenvalue weighted by molar-refractivity contribution is 0.241. The number of rotatable bonds is 4. The lowest BCUT2D eigenvalue weighted by Gasteiger charge is -2.26. The van der Waals surface area contributed by atoms with E-state index in [1.807, 2.05) is 6.20 Å². The standard InChI is InChI=1S/C21H24N4/c1-14-2-4-15(5-3-14)13-25-18-7-9-21(25)20(11-18)23-17-6-8-19-16(10-17)12-22-24-19/h2-6,8,10,12,18,20-21,23H,7,9,11,13H2,1H3,(H,22,24). The van der Waals surface area contributed by atoms with E-state index in [0.29, 0.717) is 12.1 Å². The number of aryl methyl sites for hydroxylation is 1. The molecule has 0 radical (unpaired) electrons. The molecular weight excluding hydrogens is 308 g/mol. The fourth-order valence-electron chi connectivity index (χ4n) is 4.65. The summed E-state index contributed by atoms with van der Waals surface area (Å²) in [5.74, 6) is 0. The Morgan fingerprint density at radius 1 is 1.16 bits per heavy atom. The van der Waals surface area contributed by atoms with Gasteiger partial charge in [-0.3, -0.25) is 10.00 Å². The Balaban J connectivity index is 1.31. The molecule has 2 aliphatic rings. The second-order valence-corrected chi connectivity index (χ2v) is 7.62. The highest BCUT2D eigenvalue weighted by molar-refractivity contribution is 5.81. The third-order valence-electron chi connectivity index (χ3n) is 5.96. The number of fused-ring (bicyclic) bond motifs is 3. The maximum absolute atomic E-state index is 4.12. The molecule has 2 N–H and O–H groups in total. The van der Waals surface area contributed by atoms with Gasteiger partial charge in [-0.15, -0.1) is 0 Å². The van der Waals surface area contributed by atoms with Crippen LogP contribution in [0.15, 0.2) is 48.7 Å². The minimum absolute atomic E-state index is 0.550. The lowest BCUT2D eigenvalue weighted by atomic mass is 9.95. The zero-order valence-corrected chi connectivity index (χ0v) is 14.6. The molecule has 0 saturated carbocycles. The third kappa shape index (κ3) is 2.71. The third-order valence-corrected chi connectivity index (χ3v) is 5.96. The predicted octanol–water partition coefficient (Wildman–Crippen LogP) is 4.09. The summed E-state index contributed by atoms with van der Waals surface area (Å²) in [6.45, 7) is 3.23. The molecule has 2 bridgehead atoms. The number of nitrogens with zero attached hydrogens (tertiary/aromatic N) is 2. The number of anilines is 1. The number of H-pyrrole nitrogens is 1. The van der Waals surface area contributed by atoms with Crippen LogP contribution in [0.2, 0.25) is 0 Å². The number of hydrogen-bond acceptors (Lipinski definition) is 3. The minimum Gasteiger partial charge on any atom is -0.381 e. The Kier molecular flexibility index (Phi) is 3.52. The Bertz CT molecular complexity index is 882. The maximum atomic E-state index is 4.12. The highest BCUT2D eigenvalue weighted by atomic mass is 15.3. The van der Waals surface area contributed by atoms with Crippen LogP contribution in [0.5, 0.6) is 0 Å². The smallest absolute Gasteiger partial charge is 0.0651 e. The molecule has 0 aliphatic carbocycles. The summed E-state index contributed by atoms with van der Waals surface area (Å²) in [4.78, 5) is 2.72. The fraction of sp³-hybridized carbons (Fsp3) is 0.381. The fourth-order valence-corrected chi connectivity index (χ4v) is 4.65. The van der Waals surface area contributed by atoms with Crippen LogP contribution in [0.4, 0.5) is 5.69 Å². The highest BCUT2D eigenvalue weighted by Crippen LogP contribution is 2.40. The van der Waals surface area contributed by atoms with Crippen molar-refractivity contribution in [2.45, 2.75) is 50.9 Å². The van der Waals surface area contributed by atoms with E-state index in [1.54, 1.807) is 0 Å². The van der Waals surface area contributed by atoms with Crippen molar-refractivity contribution < 1.29 is 0 Å². The molecule has 3 heterocycles. The van der Waals surface area contributed by atoms with Crippen molar-refractivity contribution in [3.8, 4) is 0 Å². The summed E-state index contributed by atoms with van der Waals surface area (Å²) < 4.78 is 0. The van der Waals surface area contributed by atoms with Crippen LogP contribution in [0.25, 0.3) is 10.9 Å². The van der Waals surface area contributed by atoms with Gasteiger partial charge in [-0.25, -0.2) is 0 Å². The van der Waals surface area contributed by atoms with Crippen LogP contribution in [0, 0.1) is 6.92 Å². The van der Waals surface area contributed by atoms with Gasteiger partial charge in [0.25, 0.3) is 0 Å². The normalized spacial score (nSPS) is 25.7. The summed E-state index contributed by atoms with van der Waals surface area (Å²) in [5.41, 5.74) is 5.08. The van der Waals surface area contributed by atoms with Crippen LogP contribution in [-0.4, -0.2) is 33.2 Å². The van der Waals surface area contributed by atoms with Crippen LogP contribution in [-0.2, 0) is 6.54 Å². The number of benzene rings is 2. The average Bonchev–Trinajstić information content (AvgIpc) is 3.31. The molecule has 0 spiro atoms. The second kappa shape index (κ2) is 5.88. The van der Waals surface area contributed by atoms with E-state index in [9.17, 15) is 0 Å². The summed E-state index contributed by atoms with van der Waals surface area (Å²) >= 11 is 0. The monoisotopic (exact) mass is 332 g/mol. The van der Waals surface area contributed by atoms with Crippen LogP contribution in [0.3, 0.4) is 0 Å². The van der Waals surface area contributed by atoms with Crippen molar-refractivity contribution >= 4 is 16.6 Å². The van der Waals surface area contributed by atoms with E-state index in [4.69, 9.17) is 0 Å². The van der Waals surface area contributed by atoms with Crippen molar-refractivity contribution in [3.63, 3.8) is 0 Å². The lowest BCUT2D eigenvalue weighted by Crippen LogP contribution is -2.35. The minimum atomic E-state index is 0.550. The van der Waals surface area contributed by atoms with E-state index in [0.717, 1.165) is 18.1 Å². The van der Waals surface area contributed by atoms with Crippen molar-refractivity contribution in [1.29, 1.82) is 0 Å². The molecule has 4 heteroatoms. The van der Waals surface area contributed by atoms with E-state index >= 15 is 0 Å². The topological polar surface area (TPSA) is 44.0 Å². The zero-order chi connectivity index (χ0) is 16.8. The van der Waals surface area contributed by atoms with Gasteiger partial charge in [0.1, 0.15) is 0 Å². The van der Waals surface area contributed by atoms with Gasteiger partial charge >= 0.3 is 0 Å². The van der Waals surface area contributed by atoms with Crippen LogP contribution < -0.4 is 5.32 Å². The molecule has 4 nitrogen and oxygen atoms in total. The molecule has 2 fully saturated rings. The summed E-state index contributed by atoms with van der Waals surface area (Å²) in [5, 5.41) is 12.1. The average molecular weight is 332 g/mol. The molecule has 2 aromatic carbocycles. The molecule has 1 aromatic heterocycles. The first-order valence-corrected chi connectivity index (χ1v) is 9.27. The summed E-state index contributed by atoms with van der Waals surface area (Å²) in [7, 11) is 0. The molecule has 5 rings (SSSR count). The van der Waals surface area contributed by atoms with E-state index in [2.05, 4.69) is 69.8 Å². The Labute approximate surface area is 148 Å². The van der Waals surface area contributed by atoms with Gasteiger partial charge < -0.3 is 5.32 Å². The first-order valence-electron chi connectivity index (χ1n) is 9.27. The van der Waals surface area contributed by atoms with Gasteiger partial charge in [0.15, 0.2) is 0 Å². The summed E-state index contributed by atoms with van der Waals surface area (Å²) in [6, 6.07) is 17.4. The Morgan fingerprint density at radius 3 is 2.92 bits per heavy atom. The van der Waals surface area contributed by atoms with Crippen molar-refractivity contribution in [2.24, 2.45) is 0 Å². The predicted molar refractivity (Wildman–Crippen MR) is 102 cm³/mol. The highest BCUT2D eigenvalue weighted by Gasteiger charge is 2.45. The first-order chi connectivity index (χ1) is 12.3. The van der Waals surface area contributed by atoms with Crippen molar-refractivity contribution in [3.05, 3.63) is 59.8 Å². The van der Waals surface area contributed by atoms with Gasteiger partial charge in [0.2, 0.25) is 0 Å². The van der Waals surface area contributed by atoms with E-state index < -0.39 is 0 Å². The van der Waals surface area contributed by atoms with E-state index in [-0.39, 0.29) is 0 Å². The Morgan fingerprint density at radius 2 is 2.04 bits per heavy atom. The van der Waals surface area contributed by atoms with Crippen molar-refractivity contribution in [2.75, 3.05) is 5.32 Å². The number of hydrogen-bond donors (Lipinski definition) is 2. The SMILES string of the molecule is Cc1ccc(CN2C3CCC2C(Nc2ccc4[nH]ncc4c2)C3)cc1. The first kappa shape index (κ1) is 15.0. The van der Waals surface area contributed by atoms with Crippen LogP contribution in [0.1, 0.15) is 30.4 Å². The molecule has 0 amide bonds. The molecule has 3 unspecified atom stereocenters. The van der Waals surface area contributed by atoms with E-state index in [1.165, 1.54) is 41.5 Å². The second-order valence-electron chi connectivity index (χ2n) is 7.62. The van der Waals surface area contributed by atoms with Gasteiger partial charge in [0.05, 0.1) is 11.7 Å². The zero-order valence-electron chi connectivity index (χ0n) is 14.6. The number of aromatic amines is 1. The molecular formula is C21H24N4. The summed E-state index contributed by atoms with van der Waals surface area (Å²) in [6.07, 6.45) is 5.79. The largest absolute Gasteiger partial charge is 0.381 e. The van der Waals surface area contributed by atoms with Gasteiger partial charge in [-0.1, -0.05) is 29.8 Å².